The molecule has 20 nitrogen and oxygen atoms in total. The number of aliphatic hydroxyl groups is 3. The zero-order valence-corrected chi connectivity index (χ0v) is 45.4. The summed E-state index contributed by atoms with van der Waals surface area (Å²) in [5.74, 6) is -4.21. The molecule has 4 N–H and O–H groups in total. The first-order valence-corrected chi connectivity index (χ1v) is 25.5. The maximum absolute atomic E-state index is 14.9. The van der Waals surface area contributed by atoms with Gasteiger partial charge in [0.2, 0.25) is 5.91 Å². The summed E-state index contributed by atoms with van der Waals surface area (Å²) in [6.45, 7) is 27.1. The molecule has 0 aromatic carbocycles. The molecule has 18 atom stereocenters. The van der Waals surface area contributed by atoms with Gasteiger partial charge < -0.3 is 78.1 Å². The molecule has 406 valence electrons. The largest absolute Gasteiger partial charge is 0.509 e. The Kier molecular flexibility index (Phi) is 21.3. The molecule has 4 aliphatic heterocycles. The van der Waals surface area contributed by atoms with Crippen molar-refractivity contribution in [1.82, 2.24) is 20.0 Å². The number of hydrogen-bond donors (Lipinski definition) is 4. The van der Waals surface area contributed by atoms with Gasteiger partial charge in [0.25, 0.3) is 0 Å². The lowest BCUT2D eigenvalue weighted by Crippen LogP contribution is -2.70. The molecule has 0 radical (unpaired) electrons. The van der Waals surface area contributed by atoms with Gasteiger partial charge in [0, 0.05) is 63.9 Å². The Morgan fingerprint density at radius 2 is 1.57 bits per heavy atom. The summed E-state index contributed by atoms with van der Waals surface area (Å²) < 4.78 is 51.2. The summed E-state index contributed by atoms with van der Waals surface area (Å²) in [6, 6.07) is -0.350. The van der Waals surface area contributed by atoms with Gasteiger partial charge in [0.15, 0.2) is 24.3 Å². The molecule has 4 rings (SSSR count). The SMILES string of the molecule is CC[C@H]1OC(=O)[C@H](C)[C@@H](O[C@H]2C[C@@](C)(OC)[C@@](O)(CN(C)CCN(CC)CC)[C@H](C)O2)[C@H](C)[C@@H](O[C@@H]2O[C@H](C)C[C@H](N(C)C)[C@H]2O)[C@@](C)(O)C[C@@H](C)/C(=N\OCCNC(C)=O)[C@H](C)[C@H]2OC(=O)O[C@@]21C. The Labute approximate surface area is 417 Å². The quantitative estimate of drug-likeness (QED) is 0.0875. The van der Waals surface area contributed by atoms with Crippen LogP contribution in [0.15, 0.2) is 5.16 Å². The van der Waals surface area contributed by atoms with Crippen molar-refractivity contribution < 1.29 is 72.4 Å². The molecule has 4 heterocycles. The van der Waals surface area contributed by atoms with Gasteiger partial charge in [-0.15, -0.1) is 0 Å². The lowest BCUT2D eigenvalue weighted by molar-refractivity contribution is -0.339. The van der Waals surface area contributed by atoms with E-state index in [0.29, 0.717) is 18.7 Å². The highest BCUT2D eigenvalue weighted by atomic mass is 16.8. The van der Waals surface area contributed by atoms with Crippen LogP contribution in [-0.4, -0.2) is 212 Å². The second-order valence-electron chi connectivity index (χ2n) is 21.4. The zero-order chi connectivity index (χ0) is 52.7. The van der Waals surface area contributed by atoms with E-state index in [0.717, 1.165) is 19.6 Å². The van der Waals surface area contributed by atoms with Crippen LogP contribution in [0.5, 0.6) is 0 Å². The maximum atomic E-state index is 14.9. The molecule has 0 unspecified atom stereocenters. The number of aliphatic hydroxyl groups excluding tert-OH is 1. The van der Waals surface area contributed by atoms with Crippen LogP contribution in [-0.2, 0) is 52.3 Å². The minimum absolute atomic E-state index is 0.0167. The van der Waals surface area contributed by atoms with Crippen molar-refractivity contribution in [2.75, 3.05) is 74.1 Å². The summed E-state index contributed by atoms with van der Waals surface area (Å²) in [7, 11) is 7.24. The van der Waals surface area contributed by atoms with Gasteiger partial charge >= 0.3 is 12.1 Å². The fourth-order valence-electron chi connectivity index (χ4n) is 11.3. The van der Waals surface area contributed by atoms with E-state index in [1.807, 2.05) is 53.7 Å². The molecule has 0 saturated carbocycles. The summed E-state index contributed by atoms with van der Waals surface area (Å²) in [6.07, 6.45) is -9.12. The predicted octanol–water partition coefficient (Wildman–Crippen LogP) is 3.55. The minimum atomic E-state index is -1.79. The van der Waals surface area contributed by atoms with Crippen molar-refractivity contribution in [1.29, 1.82) is 0 Å². The summed E-state index contributed by atoms with van der Waals surface area (Å²) >= 11 is 0. The van der Waals surface area contributed by atoms with Crippen molar-refractivity contribution in [3.8, 4) is 0 Å². The molecular formula is C50H91N5O15. The molecule has 4 saturated heterocycles. The van der Waals surface area contributed by atoms with Gasteiger partial charge in [-0.1, -0.05) is 46.7 Å². The van der Waals surface area contributed by atoms with Gasteiger partial charge in [0.05, 0.1) is 48.2 Å². The highest BCUT2D eigenvalue weighted by Crippen LogP contribution is 2.45. The highest BCUT2D eigenvalue weighted by Gasteiger charge is 2.61. The van der Waals surface area contributed by atoms with E-state index in [-0.39, 0.29) is 57.0 Å². The van der Waals surface area contributed by atoms with Crippen LogP contribution >= 0.6 is 0 Å². The molecule has 0 aromatic heterocycles. The number of fused-ring (bicyclic) bond motifs is 1. The van der Waals surface area contributed by atoms with Crippen LogP contribution in [0.25, 0.3) is 0 Å². The highest BCUT2D eigenvalue weighted by molar-refractivity contribution is 5.89. The van der Waals surface area contributed by atoms with Crippen LogP contribution in [0, 0.1) is 23.7 Å². The third-order valence-corrected chi connectivity index (χ3v) is 15.7. The summed E-state index contributed by atoms with van der Waals surface area (Å²) in [5.41, 5.74) is -5.60. The maximum Gasteiger partial charge on any atom is 0.509 e. The van der Waals surface area contributed by atoms with E-state index >= 15 is 0 Å². The second-order valence-corrected chi connectivity index (χ2v) is 21.4. The normalized spacial score (nSPS) is 41.7. The molecule has 0 spiro atoms. The first-order chi connectivity index (χ1) is 32.6. The van der Waals surface area contributed by atoms with Gasteiger partial charge in [-0.25, -0.2) is 4.79 Å². The van der Waals surface area contributed by atoms with E-state index in [9.17, 15) is 29.7 Å². The summed E-state index contributed by atoms with van der Waals surface area (Å²) in [4.78, 5) is 51.8. The Balaban J connectivity index is 1.86. The number of oxime groups is 1. The number of esters is 1. The fourth-order valence-corrected chi connectivity index (χ4v) is 11.3. The van der Waals surface area contributed by atoms with Crippen molar-refractivity contribution in [3.63, 3.8) is 0 Å². The Morgan fingerprint density at radius 1 is 0.914 bits per heavy atom. The van der Waals surface area contributed by atoms with Gasteiger partial charge in [-0.3, -0.25) is 9.59 Å². The monoisotopic (exact) mass is 1000 g/mol. The number of rotatable bonds is 18. The van der Waals surface area contributed by atoms with Gasteiger partial charge in [-0.05, 0) is 95.0 Å². The van der Waals surface area contributed by atoms with Crippen LogP contribution in [0.4, 0.5) is 4.79 Å². The van der Waals surface area contributed by atoms with Crippen LogP contribution < -0.4 is 5.32 Å². The van der Waals surface area contributed by atoms with Crippen molar-refractivity contribution >= 4 is 23.7 Å². The molecule has 20 heteroatoms. The Morgan fingerprint density at radius 3 is 2.16 bits per heavy atom. The average Bonchev–Trinajstić information content (AvgIpc) is 3.60. The average molecular weight is 1000 g/mol. The number of carbonyl (C=O) groups excluding carboxylic acids is 3. The smallest absolute Gasteiger partial charge is 0.458 e. The number of methoxy groups -OCH3 is 1. The number of nitrogens with zero attached hydrogens (tertiary/aromatic N) is 4. The second kappa shape index (κ2) is 25.0. The van der Waals surface area contributed by atoms with Crippen molar-refractivity contribution in [2.24, 2.45) is 28.8 Å². The number of cyclic esters (lactones) is 1. The lowest BCUT2D eigenvalue weighted by Gasteiger charge is -2.54. The Bertz CT molecular complexity index is 1740. The van der Waals surface area contributed by atoms with E-state index in [1.165, 1.54) is 6.92 Å². The standard InChI is InChI=1S/C50H91N5O15/c1-18-37-49(13)43(69-46(59)70-49)31(6)39(52-63-24-21-51-35(10)56)29(4)26-47(11,60)42(68-45-40(57)36(53(14)15)25-30(5)64-45)32(7)41(33(8)44(58)66-37)67-38-27-48(12,62-17)50(61,34(9)65-38)28-54(16)22-23-55(19-2)20-3/h29-34,36-38,40-43,45,57,60-61H,18-28H2,1-17H3,(H,51,56)/b52-39+/t29-,30-,31+,32+,33-,34+,36+,37-,38+,40-,41+,42-,43-,45+,47+,48-,49-,50-/m1/s1. The number of amides is 1. The molecule has 0 aliphatic carbocycles. The predicted molar refractivity (Wildman–Crippen MR) is 261 cm³/mol. The minimum Gasteiger partial charge on any atom is -0.458 e. The molecule has 70 heavy (non-hydrogen) atoms. The van der Waals surface area contributed by atoms with E-state index in [1.54, 1.807) is 48.7 Å². The van der Waals surface area contributed by atoms with Crippen molar-refractivity contribution in [2.45, 2.75) is 199 Å². The number of carbonyl (C=O) groups is 3. The topological polar surface area (TPSA) is 229 Å². The zero-order valence-electron chi connectivity index (χ0n) is 45.4. The number of ether oxygens (including phenoxy) is 8. The molecule has 4 fully saturated rings. The fraction of sp³-hybridized carbons (Fsp3) is 0.920. The lowest BCUT2D eigenvalue weighted by atomic mass is 9.73. The molecule has 0 aromatic rings. The first kappa shape index (κ1) is 59.8. The summed E-state index contributed by atoms with van der Waals surface area (Å²) in [5, 5.41) is 44.8. The Hall–Kier alpha value is -2.76. The van der Waals surface area contributed by atoms with Crippen LogP contribution in [0.3, 0.4) is 0 Å². The van der Waals surface area contributed by atoms with Gasteiger partial charge in [0.1, 0.15) is 30.0 Å². The van der Waals surface area contributed by atoms with Crippen molar-refractivity contribution in [3.05, 3.63) is 0 Å². The molecule has 0 bridgehead atoms. The van der Waals surface area contributed by atoms with Gasteiger partial charge in [-0.2, -0.15) is 0 Å². The van der Waals surface area contributed by atoms with Crippen LogP contribution in [0.2, 0.25) is 0 Å². The third kappa shape index (κ3) is 13.7. The van der Waals surface area contributed by atoms with Crippen LogP contribution in [0.1, 0.15) is 116 Å². The van der Waals surface area contributed by atoms with E-state index < -0.39 is 107 Å². The molecule has 1 amide bonds. The first-order valence-electron chi connectivity index (χ1n) is 25.5. The van der Waals surface area contributed by atoms with E-state index in [4.69, 9.17) is 42.7 Å². The molecular weight excluding hydrogens is 911 g/mol. The van der Waals surface area contributed by atoms with E-state index in [2.05, 4.69) is 34.1 Å². The third-order valence-electron chi connectivity index (χ3n) is 15.7. The number of hydrogen-bond acceptors (Lipinski definition) is 19. The molecule has 4 aliphatic rings. The number of nitrogens with one attached hydrogen (secondary N) is 1. The number of likely N-dealkylation sites (N-methyl/N-ethyl adjacent to an activating group) is 3.